The van der Waals surface area contributed by atoms with Gasteiger partial charge in [0.25, 0.3) is 5.09 Å². The molecule has 0 bridgehead atoms. The quantitative estimate of drug-likeness (QED) is 0.373. The Kier molecular flexibility index (Phi) is 4.20. The van der Waals surface area contributed by atoms with Crippen LogP contribution in [0.2, 0.25) is 0 Å². The molecule has 20 heavy (non-hydrogen) atoms. The second-order valence-corrected chi connectivity index (χ2v) is 4.36. The van der Waals surface area contributed by atoms with Crippen molar-refractivity contribution in [3.63, 3.8) is 0 Å². The number of hydrogen-bond acceptors (Lipinski definition) is 7. The molecular weight excluding hydrogens is 276 g/mol. The van der Waals surface area contributed by atoms with Crippen LogP contribution in [0.15, 0.2) is 0 Å². The third kappa shape index (κ3) is 3.24. The summed E-state index contributed by atoms with van der Waals surface area (Å²) in [6.07, 6.45) is -1.92. The minimum Gasteiger partial charge on any atom is -0.371 e. The van der Waals surface area contributed by atoms with Crippen LogP contribution in [0.4, 0.5) is 4.79 Å². The number of carbonyl (C=O) groups is 2. The monoisotopic (exact) mass is 290 g/mol. The number of amides is 3. The lowest BCUT2D eigenvalue weighted by atomic mass is 10.1. The minimum absolute atomic E-state index is 0.0161. The summed E-state index contributed by atoms with van der Waals surface area (Å²) in [5.74, 6) is -0.458. The van der Waals surface area contributed by atoms with Gasteiger partial charge in [0, 0.05) is 0 Å². The first-order chi connectivity index (χ1) is 9.47. The van der Waals surface area contributed by atoms with Gasteiger partial charge < -0.3 is 30.7 Å². The van der Waals surface area contributed by atoms with Crippen molar-refractivity contribution < 1.29 is 29.0 Å². The van der Waals surface area contributed by atoms with Crippen LogP contribution in [0.3, 0.4) is 0 Å². The van der Waals surface area contributed by atoms with Gasteiger partial charge in [-0.1, -0.05) is 0 Å². The van der Waals surface area contributed by atoms with Gasteiger partial charge in [-0.15, -0.1) is 10.1 Å². The van der Waals surface area contributed by atoms with E-state index < -0.39 is 41.4 Å². The molecule has 0 aromatic carbocycles. The maximum Gasteiger partial charge on any atom is 0.312 e. The highest BCUT2D eigenvalue weighted by Gasteiger charge is 2.49. The lowest BCUT2D eigenvalue weighted by Crippen LogP contribution is -2.48. The third-order valence-corrected chi connectivity index (χ3v) is 3.00. The molecule has 1 unspecified atom stereocenters. The van der Waals surface area contributed by atoms with Crippen LogP contribution in [-0.2, 0) is 19.1 Å². The minimum atomic E-state index is -0.900. The van der Waals surface area contributed by atoms with Crippen molar-refractivity contribution in [2.45, 2.75) is 24.4 Å². The Hall–Kier alpha value is -2.14. The van der Waals surface area contributed by atoms with Crippen molar-refractivity contribution in [1.82, 2.24) is 10.6 Å². The number of fused-ring (bicyclic) bond motifs is 1. The van der Waals surface area contributed by atoms with Gasteiger partial charge in [-0.2, -0.15) is 0 Å². The van der Waals surface area contributed by atoms with Gasteiger partial charge in [0.2, 0.25) is 5.91 Å². The first kappa shape index (κ1) is 14.3. The maximum atomic E-state index is 11.5. The molecule has 11 nitrogen and oxygen atoms in total. The summed E-state index contributed by atoms with van der Waals surface area (Å²) < 4.78 is 10.7. The van der Waals surface area contributed by atoms with Crippen LogP contribution in [0.5, 0.6) is 0 Å². The van der Waals surface area contributed by atoms with Crippen LogP contribution in [0.1, 0.15) is 0 Å². The number of nitrogens with two attached hydrogens (primary N) is 1. The van der Waals surface area contributed by atoms with E-state index in [4.69, 9.17) is 15.2 Å². The average molecular weight is 290 g/mol. The van der Waals surface area contributed by atoms with Gasteiger partial charge in [-0.05, 0) is 0 Å². The van der Waals surface area contributed by atoms with Gasteiger partial charge in [-0.25, -0.2) is 4.79 Å². The Morgan fingerprint density at radius 2 is 2.05 bits per heavy atom. The Bertz CT molecular complexity index is 417. The highest BCUT2D eigenvalue weighted by molar-refractivity contribution is 5.83. The number of hydrogen-bond donors (Lipinski definition) is 3. The average Bonchev–Trinajstić information content (AvgIpc) is 2.91. The fourth-order valence-electron chi connectivity index (χ4n) is 2.21. The molecule has 112 valence electrons. The maximum absolute atomic E-state index is 11.5. The molecule has 2 aliphatic rings. The Morgan fingerprint density at radius 3 is 2.70 bits per heavy atom. The third-order valence-electron chi connectivity index (χ3n) is 3.00. The van der Waals surface area contributed by atoms with Crippen molar-refractivity contribution in [3.05, 3.63) is 10.1 Å². The molecule has 4 N–H and O–H groups in total. The summed E-state index contributed by atoms with van der Waals surface area (Å²) in [5, 5.41) is 14.1. The second kappa shape index (κ2) is 5.88. The van der Waals surface area contributed by atoms with E-state index in [0.29, 0.717) is 0 Å². The number of urea groups is 1. The summed E-state index contributed by atoms with van der Waals surface area (Å²) in [5.41, 5.74) is 4.84. The Balaban J connectivity index is 1.83. The van der Waals surface area contributed by atoms with E-state index in [1.54, 1.807) is 0 Å². The van der Waals surface area contributed by atoms with Gasteiger partial charge >= 0.3 is 6.03 Å². The van der Waals surface area contributed by atoms with E-state index in [0.717, 1.165) is 0 Å². The van der Waals surface area contributed by atoms with E-state index >= 15 is 0 Å². The molecule has 11 heteroatoms. The zero-order chi connectivity index (χ0) is 14.7. The number of carbonyl (C=O) groups excluding carboxylic acids is 2. The van der Waals surface area contributed by atoms with Crippen LogP contribution < -0.4 is 16.4 Å². The Labute approximate surface area is 112 Å². The molecule has 3 amide bonds. The largest absolute Gasteiger partial charge is 0.371 e. The topological polar surface area (TPSA) is 155 Å². The SMILES string of the molecule is NC(=O)NCC(=O)N[C@@H]1CO[C@@H]2C(O[N+](=O)[O-])CO[C@@H]21. The fraction of sp³-hybridized carbons (Fsp3) is 0.778. The molecule has 2 heterocycles. The molecule has 2 saturated heterocycles. The molecule has 0 spiro atoms. The molecule has 2 rings (SSSR count). The summed E-state index contributed by atoms with van der Waals surface area (Å²) in [7, 11) is 0. The number of nitrogens with zero attached hydrogens (tertiary/aromatic N) is 1. The molecule has 0 radical (unpaired) electrons. The second-order valence-electron chi connectivity index (χ2n) is 4.36. The van der Waals surface area contributed by atoms with E-state index in [-0.39, 0.29) is 19.8 Å². The number of primary amides is 1. The first-order valence-corrected chi connectivity index (χ1v) is 5.84. The highest BCUT2D eigenvalue weighted by Crippen LogP contribution is 2.28. The van der Waals surface area contributed by atoms with Crippen LogP contribution in [0, 0.1) is 10.1 Å². The molecule has 2 aliphatic heterocycles. The van der Waals surface area contributed by atoms with E-state index in [1.165, 1.54) is 0 Å². The van der Waals surface area contributed by atoms with Gasteiger partial charge in [0.15, 0.2) is 6.10 Å². The highest BCUT2D eigenvalue weighted by atomic mass is 17.0. The van der Waals surface area contributed by atoms with Crippen molar-refractivity contribution in [1.29, 1.82) is 0 Å². The molecule has 0 aliphatic carbocycles. The molecule has 0 aromatic heterocycles. The molecular formula is C9H14N4O7. The van der Waals surface area contributed by atoms with Crippen molar-refractivity contribution in [3.8, 4) is 0 Å². The summed E-state index contributed by atoms with van der Waals surface area (Å²) >= 11 is 0. The molecule has 2 fully saturated rings. The standard InChI is InChI=1S/C9H14N4O7/c10-9(15)11-1-6(14)12-4-2-18-8-5(20-13(16)17)3-19-7(4)8/h4-5,7-8H,1-3H2,(H,12,14)(H3,10,11,15)/t4-,5?,7-,8-/m1/s1. The van der Waals surface area contributed by atoms with Crippen molar-refractivity contribution in [2.75, 3.05) is 19.8 Å². The lowest BCUT2D eigenvalue weighted by molar-refractivity contribution is -0.769. The van der Waals surface area contributed by atoms with Crippen LogP contribution in [-0.4, -0.2) is 61.1 Å². The van der Waals surface area contributed by atoms with Crippen molar-refractivity contribution >= 4 is 11.9 Å². The summed E-state index contributed by atoms with van der Waals surface area (Å²) in [6.45, 7) is -0.102. The smallest absolute Gasteiger partial charge is 0.312 e. The van der Waals surface area contributed by atoms with E-state index in [9.17, 15) is 19.7 Å². The van der Waals surface area contributed by atoms with E-state index in [2.05, 4.69) is 15.5 Å². The van der Waals surface area contributed by atoms with Crippen LogP contribution in [0.25, 0.3) is 0 Å². The molecule has 0 saturated carbocycles. The number of nitrogens with one attached hydrogen (secondary N) is 2. The summed E-state index contributed by atoms with van der Waals surface area (Å²) in [6, 6.07) is -1.26. The van der Waals surface area contributed by atoms with Gasteiger partial charge in [0.1, 0.15) is 12.2 Å². The fourth-order valence-corrected chi connectivity index (χ4v) is 2.21. The van der Waals surface area contributed by atoms with Crippen molar-refractivity contribution in [2.24, 2.45) is 5.73 Å². The summed E-state index contributed by atoms with van der Waals surface area (Å²) in [4.78, 5) is 36.7. The zero-order valence-electron chi connectivity index (χ0n) is 10.3. The number of ether oxygens (including phenoxy) is 2. The van der Waals surface area contributed by atoms with Crippen LogP contribution >= 0.6 is 0 Å². The first-order valence-electron chi connectivity index (χ1n) is 5.84. The molecule has 4 atom stereocenters. The molecule has 0 aromatic rings. The van der Waals surface area contributed by atoms with E-state index in [1.807, 2.05) is 0 Å². The lowest BCUT2D eigenvalue weighted by Gasteiger charge is -2.17. The Morgan fingerprint density at radius 1 is 1.35 bits per heavy atom. The normalized spacial score (nSPS) is 31.4. The predicted molar refractivity (Wildman–Crippen MR) is 60.9 cm³/mol. The predicted octanol–water partition coefficient (Wildman–Crippen LogP) is -2.49. The number of rotatable bonds is 5. The zero-order valence-corrected chi connectivity index (χ0v) is 10.3. The van der Waals surface area contributed by atoms with Gasteiger partial charge in [0.05, 0.1) is 25.8 Å². The van der Waals surface area contributed by atoms with Gasteiger partial charge in [-0.3, -0.25) is 4.79 Å².